The van der Waals surface area contributed by atoms with E-state index in [0.717, 1.165) is 64.9 Å². The van der Waals surface area contributed by atoms with E-state index in [4.69, 9.17) is 4.74 Å². The number of aryl methyl sites for hydroxylation is 1. The molecule has 5 nitrogen and oxygen atoms in total. The Labute approximate surface area is 187 Å². The van der Waals surface area contributed by atoms with E-state index in [1.165, 1.54) is 24.0 Å². The van der Waals surface area contributed by atoms with Crippen LogP contribution in [-0.2, 0) is 11.3 Å². The van der Waals surface area contributed by atoms with Crippen molar-refractivity contribution in [2.75, 3.05) is 53.0 Å². The Morgan fingerprint density at radius 2 is 1.96 bits per heavy atom. The van der Waals surface area contributed by atoms with Crippen molar-refractivity contribution in [1.82, 2.24) is 15.1 Å². The number of nitrogens with one attached hydrogen (secondary N) is 1. The van der Waals surface area contributed by atoms with Gasteiger partial charge in [0, 0.05) is 59.5 Å². The van der Waals surface area contributed by atoms with Crippen LogP contribution in [0.25, 0.3) is 0 Å². The molecule has 1 saturated heterocycles. The van der Waals surface area contributed by atoms with Gasteiger partial charge in [0.25, 0.3) is 0 Å². The average molecular weight is 500 g/mol. The predicted molar refractivity (Wildman–Crippen MR) is 128 cm³/mol. The molecule has 0 bridgehead atoms. The van der Waals surface area contributed by atoms with Crippen LogP contribution in [0.15, 0.2) is 29.3 Å². The van der Waals surface area contributed by atoms with Crippen LogP contribution >= 0.6 is 24.0 Å². The number of piperazine rings is 1. The minimum absolute atomic E-state index is 0. The summed E-state index contributed by atoms with van der Waals surface area (Å²) in [4.78, 5) is 9.49. The average Bonchev–Trinajstić information content (AvgIpc) is 3.44. The minimum Gasteiger partial charge on any atom is -0.382 e. The molecular formula is C22H37IN4O. The summed E-state index contributed by atoms with van der Waals surface area (Å²) < 4.78 is 5.55. The van der Waals surface area contributed by atoms with Crippen LogP contribution < -0.4 is 5.32 Å². The van der Waals surface area contributed by atoms with Gasteiger partial charge in [-0.25, -0.2) is 0 Å². The van der Waals surface area contributed by atoms with Crippen molar-refractivity contribution in [1.29, 1.82) is 0 Å². The third kappa shape index (κ3) is 6.88. The molecule has 2 aliphatic rings. The summed E-state index contributed by atoms with van der Waals surface area (Å²) >= 11 is 0. The Balaban J connectivity index is 0.00000280. The molecule has 0 unspecified atom stereocenters. The second-order valence-corrected chi connectivity index (χ2v) is 8.10. The number of rotatable bonds is 8. The van der Waals surface area contributed by atoms with E-state index < -0.39 is 0 Å². The van der Waals surface area contributed by atoms with E-state index in [2.05, 4.69) is 58.2 Å². The lowest BCUT2D eigenvalue weighted by atomic mass is 10.0. The number of benzene rings is 1. The number of hydrogen-bond donors (Lipinski definition) is 1. The van der Waals surface area contributed by atoms with Gasteiger partial charge in [-0.15, -0.1) is 24.0 Å². The molecule has 0 radical (unpaired) electrons. The lowest BCUT2D eigenvalue weighted by Gasteiger charge is -2.37. The highest BCUT2D eigenvalue weighted by molar-refractivity contribution is 14.0. The number of aliphatic imine (C=N–C) groups is 1. The summed E-state index contributed by atoms with van der Waals surface area (Å²) in [6.07, 6.45) is 3.79. The summed E-state index contributed by atoms with van der Waals surface area (Å²) in [5.74, 6) is 1.06. The molecule has 0 spiro atoms. The topological polar surface area (TPSA) is 40.1 Å². The Bertz CT molecular complexity index is 625. The molecule has 6 heteroatoms. The molecule has 0 amide bonds. The van der Waals surface area contributed by atoms with E-state index >= 15 is 0 Å². The fourth-order valence-electron chi connectivity index (χ4n) is 3.91. The van der Waals surface area contributed by atoms with Crippen molar-refractivity contribution in [3.8, 4) is 0 Å². The molecule has 0 atom stereocenters. The van der Waals surface area contributed by atoms with Gasteiger partial charge in [0.05, 0.1) is 0 Å². The number of halogens is 1. The molecule has 3 rings (SSSR count). The Kier molecular flexibility index (Phi) is 9.50. The molecule has 0 aromatic heterocycles. The summed E-state index contributed by atoms with van der Waals surface area (Å²) in [5.41, 5.74) is 3.20. The highest BCUT2D eigenvalue weighted by Gasteiger charge is 2.42. The normalized spacial score (nSPS) is 19.2. The van der Waals surface area contributed by atoms with Gasteiger partial charge in [0.1, 0.15) is 0 Å². The summed E-state index contributed by atoms with van der Waals surface area (Å²) in [7, 11) is 1.90. The first-order chi connectivity index (χ1) is 13.1. The van der Waals surface area contributed by atoms with E-state index in [9.17, 15) is 0 Å². The maximum absolute atomic E-state index is 5.55. The van der Waals surface area contributed by atoms with Crippen molar-refractivity contribution >= 4 is 29.9 Å². The minimum atomic E-state index is 0. The van der Waals surface area contributed by atoms with Gasteiger partial charge in [0.15, 0.2) is 5.96 Å². The van der Waals surface area contributed by atoms with Gasteiger partial charge in [-0.05, 0) is 44.1 Å². The van der Waals surface area contributed by atoms with Crippen LogP contribution in [-0.4, -0.2) is 68.7 Å². The largest absolute Gasteiger partial charge is 0.382 e. The van der Waals surface area contributed by atoms with Crippen LogP contribution in [0.5, 0.6) is 0 Å². The number of hydrogen-bond acceptors (Lipinski definition) is 3. The molecule has 28 heavy (non-hydrogen) atoms. The van der Waals surface area contributed by atoms with Crippen molar-refractivity contribution in [3.05, 3.63) is 35.4 Å². The van der Waals surface area contributed by atoms with Crippen molar-refractivity contribution in [2.45, 2.75) is 39.7 Å². The molecule has 1 aromatic rings. The second kappa shape index (κ2) is 11.4. The number of ether oxygens (including phenoxy) is 1. The standard InChI is InChI=1S/C22H36N4O.HI/c1-4-27-15-10-22(8-9-22)18-24-21(23-3)26-13-11-25(12-14-26)17-20-7-5-6-19(2)16-20;/h5-7,16H,4,8-15,17-18H2,1-3H3,(H,23,24);1H. The number of guanidine groups is 1. The first-order valence-corrected chi connectivity index (χ1v) is 10.5. The quantitative estimate of drug-likeness (QED) is 0.257. The van der Waals surface area contributed by atoms with Crippen LogP contribution in [0.2, 0.25) is 0 Å². The molecule has 1 aliphatic heterocycles. The van der Waals surface area contributed by atoms with Gasteiger partial charge in [0.2, 0.25) is 0 Å². The summed E-state index contributed by atoms with van der Waals surface area (Å²) in [5, 5.41) is 3.64. The summed E-state index contributed by atoms with van der Waals surface area (Å²) in [6, 6.07) is 8.85. The van der Waals surface area contributed by atoms with E-state index in [-0.39, 0.29) is 24.0 Å². The van der Waals surface area contributed by atoms with Crippen molar-refractivity contribution < 1.29 is 4.74 Å². The lowest BCUT2D eigenvalue weighted by Crippen LogP contribution is -2.52. The highest BCUT2D eigenvalue weighted by atomic mass is 127. The molecule has 1 aliphatic carbocycles. The van der Waals surface area contributed by atoms with Crippen LogP contribution in [0.4, 0.5) is 0 Å². The van der Waals surface area contributed by atoms with Crippen LogP contribution in [0, 0.1) is 12.3 Å². The van der Waals surface area contributed by atoms with Gasteiger partial charge in [-0.1, -0.05) is 29.8 Å². The monoisotopic (exact) mass is 500 g/mol. The maximum Gasteiger partial charge on any atom is 0.193 e. The van der Waals surface area contributed by atoms with Gasteiger partial charge in [-0.2, -0.15) is 0 Å². The molecule has 1 aromatic carbocycles. The SMILES string of the molecule is CCOCCC1(CNC(=NC)N2CCN(Cc3cccc(C)c3)CC2)CC1.I. The fourth-order valence-corrected chi connectivity index (χ4v) is 3.91. The third-order valence-corrected chi connectivity index (χ3v) is 5.93. The first kappa shape index (κ1) is 23.4. The van der Waals surface area contributed by atoms with E-state index in [1.807, 2.05) is 7.05 Å². The Morgan fingerprint density at radius 1 is 1.21 bits per heavy atom. The molecule has 158 valence electrons. The zero-order valence-corrected chi connectivity index (χ0v) is 20.1. The van der Waals surface area contributed by atoms with Crippen LogP contribution in [0.3, 0.4) is 0 Å². The van der Waals surface area contributed by atoms with Crippen molar-refractivity contribution in [3.63, 3.8) is 0 Å². The molecule has 2 fully saturated rings. The molecule has 1 saturated carbocycles. The molecular weight excluding hydrogens is 463 g/mol. The van der Waals surface area contributed by atoms with Gasteiger partial charge in [-0.3, -0.25) is 9.89 Å². The van der Waals surface area contributed by atoms with Crippen LogP contribution in [0.1, 0.15) is 37.3 Å². The Morgan fingerprint density at radius 3 is 2.57 bits per heavy atom. The third-order valence-electron chi connectivity index (χ3n) is 5.93. The summed E-state index contributed by atoms with van der Waals surface area (Å²) in [6.45, 7) is 12.3. The first-order valence-electron chi connectivity index (χ1n) is 10.5. The lowest BCUT2D eigenvalue weighted by molar-refractivity contribution is 0.128. The second-order valence-electron chi connectivity index (χ2n) is 8.10. The van der Waals surface area contributed by atoms with Gasteiger partial charge < -0.3 is 15.0 Å². The predicted octanol–water partition coefficient (Wildman–Crippen LogP) is 3.51. The molecule has 1 N–H and O–H groups in total. The van der Waals surface area contributed by atoms with Gasteiger partial charge >= 0.3 is 0 Å². The maximum atomic E-state index is 5.55. The highest BCUT2D eigenvalue weighted by Crippen LogP contribution is 2.48. The molecule has 1 heterocycles. The zero-order valence-electron chi connectivity index (χ0n) is 17.7. The van der Waals surface area contributed by atoms with E-state index in [1.54, 1.807) is 0 Å². The zero-order chi connectivity index (χ0) is 19.1. The Hall–Kier alpha value is -0.860. The van der Waals surface area contributed by atoms with E-state index in [0.29, 0.717) is 5.41 Å². The fraction of sp³-hybridized carbons (Fsp3) is 0.682. The smallest absolute Gasteiger partial charge is 0.193 e. The van der Waals surface area contributed by atoms with Crippen molar-refractivity contribution in [2.24, 2.45) is 10.4 Å². The number of nitrogens with zero attached hydrogens (tertiary/aromatic N) is 3.